The van der Waals surface area contributed by atoms with E-state index in [9.17, 15) is 18.0 Å². The zero-order valence-electron chi connectivity index (χ0n) is 21.0. The highest BCUT2D eigenvalue weighted by Crippen LogP contribution is 2.40. The van der Waals surface area contributed by atoms with Gasteiger partial charge in [0.1, 0.15) is 5.70 Å². The molecule has 1 aliphatic heterocycles. The van der Waals surface area contributed by atoms with Crippen LogP contribution >= 0.6 is 0 Å². The summed E-state index contributed by atoms with van der Waals surface area (Å²) in [6, 6.07) is 6.98. The van der Waals surface area contributed by atoms with Gasteiger partial charge in [-0.2, -0.15) is 13.2 Å². The zero-order valence-corrected chi connectivity index (χ0v) is 21.0. The Hall–Kier alpha value is -3.62. The lowest BCUT2D eigenvalue weighted by Crippen LogP contribution is -2.24. The van der Waals surface area contributed by atoms with Gasteiger partial charge in [-0.15, -0.1) is 0 Å². The average Bonchev–Trinajstić information content (AvgIpc) is 3.41. The first kappa shape index (κ1) is 27.0. The number of nitrogens with one attached hydrogen (secondary N) is 2. The Morgan fingerprint density at radius 2 is 2.06 bits per heavy atom. The summed E-state index contributed by atoms with van der Waals surface area (Å²) < 4.78 is 39.8. The summed E-state index contributed by atoms with van der Waals surface area (Å²) in [5, 5.41) is 4.53. The van der Waals surface area contributed by atoms with E-state index in [-0.39, 0.29) is 18.0 Å². The monoisotopic (exact) mass is 499 g/mol. The third-order valence-corrected chi connectivity index (χ3v) is 6.13. The molecule has 0 fully saturated rings. The van der Waals surface area contributed by atoms with E-state index in [0.29, 0.717) is 5.69 Å². The van der Waals surface area contributed by atoms with Crippen LogP contribution in [0.15, 0.2) is 81.7 Å². The number of hydrogen-bond donors (Lipinski definition) is 2. The molecule has 0 saturated heterocycles. The van der Waals surface area contributed by atoms with Gasteiger partial charge in [0.15, 0.2) is 0 Å². The highest BCUT2D eigenvalue weighted by Gasteiger charge is 2.42. The molecule has 2 aliphatic rings. The predicted octanol–water partition coefficient (Wildman–Crippen LogP) is 6.26. The minimum Gasteiger partial charge on any atom is -0.322 e. The molecule has 2 N–H and O–H groups in total. The number of rotatable bonds is 9. The SMILES string of the molecule is C=C1C(N=CC(CCC)=NC(C)c2cccc(NC(=O)C3=CC=C(C(F)(F)F)C3CC)c2)=CNN1C. The van der Waals surface area contributed by atoms with Crippen molar-refractivity contribution in [2.45, 2.75) is 52.3 Å². The van der Waals surface area contributed by atoms with Crippen molar-refractivity contribution in [2.24, 2.45) is 15.9 Å². The number of allylic oxidation sites excluding steroid dienone is 3. The first-order valence-electron chi connectivity index (χ1n) is 12.0. The molecule has 1 heterocycles. The van der Waals surface area contributed by atoms with Gasteiger partial charge in [0, 0.05) is 42.2 Å². The van der Waals surface area contributed by atoms with Crippen LogP contribution in [-0.4, -0.2) is 36.1 Å². The fourth-order valence-electron chi connectivity index (χ4n) is 4.11. The summed E-state index contributed by atoms with van der Waals surface area (Å²) in [4.78, 5) is 22.1. The lowest BCUT2D eigenvalue weighted by atomic mass is 9.92. The second kappa shape index (κ2) is 11.4. The number of hydrazine groups is 1. The molecule has 1 aliphatic carbocycles. The molecule has 0 saturated carbocycles. The number of amides is 1. The van der Waals surface area contributed by atoms with Crippen molar-refractivity contribution in [3.05, 3.63) is 77.3 Å². The van der Waals surface area contributed by atoms with E-state index in [4.69, 9.17) is 4.99 Å². The lowest BCUT2D eigenvalue weighted by molar-refractivity contribution is -0.113. The second-order valence-electron chi connectivity index (χ2n) is 8.75. The number of nitrogens with zero attached hydrogens (tertiary/aromatic N) is 3. The number of carbonyl (C=O) groups is 1. The van der Waals surface area contributed by atoms with Gasteiger partial charge in [0.05, 0.1) is 17.5 Å². The van der Waals surface area contributed by atoms with E-state index in [0.717, 1.165) is 41.6 Å². The Labute approximate surface area is 210 Å². The van der Waals surface area contributed by atoms with Crippen molar-refractivity contribution in [2.75, 3.05) is 12.4 Å². The van der Waals surface area contributed by atoms with Crippen LogP contribution in [0, 0.1) is 5.92 Å². The fourth-order valence-corrected chi connectivity index (χ4v) is 4.11. The molecule has 192 valence electrons. The third kappa shape index (κ3) is 6.33. The van der Waals surface area contributed by atoms with Crippen LogP contribution in [0.25, 0.3) is 0 Å². The molecular weight excluding hydrogens is 467 g/mol. The maximum absolute atomic E-state index is 13.3. The van der Waals surface area contributed by atoms with Gasteiger partial charge in [0.2, 0.25) is 0 Å². The van der Waals surface area contributed by atoms with Crippen molar-refractivity contribution >= 4 is 23.5 Å². The Morgan fingerprint density at radius 3 is 2.67 bits per heavy atom. The molecular formula is C27H32F3N5O. The number of carbonyl (C=O) groups excluding carboxylic acids is 1. The molecule has 0 bridgehead atoms. The molecule has 2 unspecified atom stereocenters. The van der Waals surface area contributed by atoms with Gasteiger partial charge in [0.25, 0.3) is 5.91 Å². The molecule has 2 atom stereocenters. The summed E-state index contributed by atoms with van der Waals surface area (Å²) in [6.07, 6.45) is 3.15. The normalized spacial score (nSPS) is 19.2. The van der Waals surface area contributed by atoms with Crippen LogP contribution < -0.4 is 10.7 Å². The largest absolute Gasteiger partial charge is 0.413 e. The highest BCUT2D eigenvalue weighted by atomic mass is 19.4. The zero-order chi connectivity index (χ0) is 26.5. The van der Waals surface area contributed by atoms with E-state index in [2.05, 4.69) is 29.2 Å². The molecule has 3 rings (SSSR count). The standard InChI is InChI=1S/C27H32F3N5O/c1-6-9-21(15-31-25-16-32-35(5)18(25)4)33-17(3)19-10-8-11-20(14-19)34-26(36)23-12-13-24(22(23)7-2)27(28,29)30/h8,10-17,22,32H,4,6-7,9H2,1-3,5H3,(H,34,36). The summed E-state index contributed by atoms with van der Waals surface area (Å²) in [5.41, 5.74) is 6.14. The molecule has 9 heteroatoms. The average molecular weight is 500 g/mol. The van der Waals surface area contributed by atoms with Crippen LogP contribution in [0.5, 0.6) is 0 Å². The van der Waals surface area contributed by atoms with Crippen molar-refractivity contribution in [3.8, 4) is 0 Å². The summed E-state index contributed by atoms with van der Waals surface area (Å²) in [7, 11) is 1.85. The lowest BCUT2D eigenvalue weighted by Gasteiger charge is -2.19. The van der Waals surface area contributed by atoms with Gasteiger partial charge in [-0.3, -0.25) is 19.8 Å². The number of aliphatic imine (C=N–C) groups is 2. The Bertz CT molecular complexity index is 1160. The second-order valence-corrected chi connectivity index (χ2v) is 8.75. The maximum atomic E-state index is 13.3. The van der Waals surface area contributed by atoms with E-state index >= 15 is 0 Å². The van der Waals surface area contributed by atoms with Gasteiger partial charge in [-0.05, 0) is 37.5 Å². The van der Waals surface area contributed by atoms with Crippen LogP contribution in [0.1, 0.15) is 51.6 Å². The Morgan fingerprint density at radius 1 is 1.31 bits per heavy atom. The topological polar surface area (TPSA) is 69.1 Å². The number of benzene rings is 1. The molecule has 36 heavy (non-hydrogen) atoms. The minimum atomic E-state index is -4.46. The van der Waals surface area contributed by atoms with Crippen LogP contribution in [-0.2, 0) is 4.79 Å². The highest BCUT2D eigenvalue weighted by molar-refractivity contribution is 6.30. The van der Waals surface area contributed by atoms with Crippen LogP contribution in [0.4, 0.5) is 18.9 Å². The molecule has 0 radical (unpaired) electrons. The smallest absolute Gasteiger partial charge is 0.322 e. The summed E-state index contributed by atoms with van der Waals surface area (Å²) in [5.74, 6) is -1.50. The maximum Gasteiger partial charge on any atom is 0.413 e. The minimum absolute atomic E-state index is 0.116. The van der Waals surface area contributed by atoms with E-state index in [1.807, 2.05) is 20.0 Å². The van der Waals surface area contributed by atoms with Gasteiger partial charge < -0.3 is 10.7 Å². The first-order chi connectivity index (χ1) is 17.0. The third-order valence-electron chi connectivity index (χ3n) is 6.13. The number of alkyl halides is 3. The van der Waals surface area contributed by atoms with Gasteiger partial charge in [-0.1, -0.05) is 51.1 Å². The quantitative estimate of drug-likeness (QED) is 0.394. The van der Waals surface area contributed by atoms with Crippen molar-refractivity contribution < 1.29 is 18.0 Å². The van der Waals surface area contributed by atoms with E-state index in [1.54, 1.807) is 42.5 Å². The van der Waals surface area contributed by atoms with Gasteiger partial charge in [-0.25, -0.2) is 0 Å². The van der Waals surface area contributed by atoms with E-state index < -0.39 is 23.6 Å². The number of hydrogen-bond acceptors (Lipinski definition) is 5. The van der Waals surface area contributed by atoms with Crippen molar-refractivity contribution in [1.82, 2.24) is 10.4 Å². The fraction of sp³-hybridized carbons (Fsp3) is 0.370. The summed E-state index contributed by atoms with van der Waals surface area (Å²) in [6.45, 7) is 9.63. The molecule has 1 aromatic carbocycles. The summed E-state index contributed by atoms with van der Waals surface area (Å²) >= 11 is 0. The Kier molecular flexibility index (Phi) is 8.55. The molecule has 1 aromatic rings. The van der Waals surface area contributed by atoms with E-state index in [1.165, 1.54) is 6.08 Å². The molecule has 0 spiro atoms. The van der Waals surface area contributed by atoms with Gasteiger partial charge >= 0.3 is 6.18 Å². The number of halogens is 3. The van der Waals surface area contributed by atoms with Crippen LogP contribution in [0.2, 0.25) is 0 Å². The molecule has 0 aromatic heterocycles. The number of anilines is 1. The molecule has 1 amide bonds. The van der Waals surface area contributed by atoms with Crippen molar-refractivity contribution in [1.29, 1.82) is 0 Å². The predicted molar refractivity (Wildman–Crippen MR) is 138 cm³/mol. The number of likely N-dealkylation sites (N-methyl/N-ethyl adjacent to an activating group) is 1. The first-order valence-corrected chi connectivity index (χ1v) is 12.0. The molecule has 6 nitrogen and oxygen atoms in total. The van der Waals surface area contributed by atoms with Crippen molar-refractivity contribution in [3.63, 3.8) is 0 Å². The van der Waals surface area contributed by atoms with Crippen LogP contribution in [0.3, 0.4) is 0 Å². The Balaban J connectivity index is 1.72.